The summed E-state index contributed by atoms with van der Waals surface area (Å²) in [5.74, 6) is -1.81. The van der Waals surface area contributed by atoms with Gasteiger partial charge in [0.15, 0.2) is 11.9 Å². The van der Waals surface area contributed by atoms with Crippen LogP contribution in [-0.2, 0) is 9.53 Å². The van der Waals surface area contributed by atoms with Crippen LogP contribution < -0.4 is 11.1 Å². The number of urea groups is 1. The van der Waals surface area contributed by atoms with Crippen molar-refractivity contribution in [1.29, 1.82) is 0 Å². The lowest BCUT2D eigenvalue weighted by Gasteiger charge is -2.11. The molecule has 4 N–H and O–H groups in total. The lowest BCUT2D eigenvalue weighted by atomic mass is 10.1. The van der Waals surface area contributed by atoms with Gasteiger partial charge in [0, 0.05) is 11.3 Å². The van der Waals surface area contributed by atoms with Gasteiger partial charge in [0.1, 0.15) is 5.69 Å². The van der Waals surface area contributed by atoms with Crippen LogP contribution in [0, 0.1) is 13.8 Å². The van der Waals surface area contributed by atoms with Crippen LogP contribution in [0.5, 0.6) is 0 Å². The Balaban J connectivity index is 2.91. The average Bonchev–Trinajstić information content (AvgIpc) is 2.63. The lowest BCUT2D eigenvalue weighted by Crippen LogP contribution is -2.42. The number of amides is 3. The number of primary amides is 1. The molecular formula is C13H17N3O5. The maximum Gasteiger partial charge on any atom is 0.355 e. The van der Waals surface area contributed by atoms with Crippen molar-refractivity contribution in [2.45, 2.75) is 33.8 Å². The Hall–Kier alpha value is -2.64. The zero-order valence-corrected chi connectivity index (χ0v) is 12.2. The minimum atomic E-state index is -1.20. The number of carbonyl (C=O) groups is 4. The number of esters is 1. The Bertz CT molecular complexity index is 618. The minimum absolute atomic E-state index is 0.0939. The quantitative estimate of drug-likeness (QED) is 0.552. The van der Waals surface area contributed by atoms with Gasteiger partial charge < -0.3 is 15.5 Å². The van der Waals surface area contributed by atoms with Gasteiger partial charge in [0.05, 0.1) is 0 Å². The molecule has 1 aromatic heterocycles. The van der Waals surface area contributed by atoms with Crippen LogP contribution in [0.2, 0.25) is 0 Å². The van der Waals surface area contributed by atoms with E-state index < -0.39 is 24.0 Å². The predicted molar refractivity (Wildman–Crippen MR) is 72.9 cm³/mol. The first-order valence-electron chi connectivity index (χ1n) is 6.16. The molecule has 21 heavy (non-hydrogen) atoms. The van der Waals surface area contributed by atoms with Gasteiger partial charge in [-0.3, -0.25) is 14.9 Å². The van der Waals surface area contributed by atoms with Gasteiger partial charge in [-0.25, -0.2) is 9.59 Å². The molecule has 0 saturated carbocycles. The molecule has 0 aliphatic rings. The summed E-state index contributed by atoms with van der Waals surface area (Å²) in [4.78, 5) is 48.2. The fourth-order valence-corrected chi connectivity index (χ4v) is 1.98. The van der Waals surface area contributed by atoms with Gasteiger partial charge in [-0.2, -0.15) is 0 Å². The number of aryl methyl sites for hydroxylation is 1. The van der Waals surface area contributed by atoms with Crippen LogP contribution in [0.4, 0.5) is 4.79 Å². The standard InChI is InChI=1S/C13H17N3O5/c1-5-9(7(3)17)6(2)15-10(5)12(19)21-8(4)11(18)16-13(14)20/h8,15H,1-4H3,(H3,14,16,18,20)/t8-/m1/s1. The summed E-state index contributed by atoms with van der Waals surface area (Å²) in [5.41, 5.74) is 6.30. The van der Waals surface area contributed by atoms with E-state index in [-0.39, 0.29) is 11.5 Å². The van der Waals surface area contributed by atoms with Crippen molar-refractivity contribution in [2.24, 2.45) is 5.73 Å². The molecule has 0 aliphatic carbocycles. The fraction of sp³-hybridized carbons (Fsp3) is 0.385. The van der Waals surface area contributed by atoms with Crippen molar-refractivity contribution in [1.82, 2.24) is 10.3 Å². The number of carbonyl (C=O) groups excluding carboxylic acids is 4. The number of H-pyrrole nitrogens is 1. The van der Waals surface area contributed by atoms with Gasteiger partial charge in [-0.05, 0) is 33.3 Å². The third kappa shape index (κ3) is 3.68. The van der Waals surface area contributed by atoms with E-state index in [0.29, 0.717) is 16.8 Å². The number of nitrogens with one attached hydrogen (secondary N) is 2. The van der Waals surface area contributed by atoms with Crippen LogP contribution in [0.1, 0.15) is 46.0 Å². The van der Waals surface area contributed by atoms with Crippen LogP contribution in [0.25, 0.3) is 0 Å². The molecule has 0 saturated heterocycles. The van der Waals surface area contributed by atoms with E-state index >= 15 is 0 Å². The van der Waals surface area contributed by atoms with Crippen molar-refractivity contribution in [3.05, 3.63) is 22.5 Å². The van der Waals surface area contributed by atoms with Gasteiger partial charge >= 0.3 is 12.0 Å². The number of ether oxygens (including phenoxy) is 1. The maximum absolute atomic E-state index is 12.0. The molecule has 1 heterocycles. The monoisotopic (exact) mass is 295 g/mol. The first kappa shape index (κ1) is 16.4. The molecule has 3 amide bonds. The number of aromatic nitrogens is 1. The molecule has 0 bridgehead atoms. The third-order valence-corrected chi connectivity index (χ3v) is 2.89. The molecule has 0 fully saturated rings. The second-order valence-electron chi connectivity index (χ2n) is 4.58. The molecule has 8 nitrogen and oxygen atoms in total. The molecule has 8 heteroatoms. The Kier molecular flexibility index (Phi) is 4.85. The molecule has 0 unspecified atom stereocenters. The minimum Gasteiger partial charge on any atom is -0.448 e. The van der Waals surface area contributed by atoms with E-state index in [2.05, 4.69) is 4.98 Å². The van der Waals surface area contributed by atoms with Gasteiger partial charge in [-0.1, -0.05) is 0 Å². The Labute approximate surface area is 121 Å². The summed E-state index contributed by atoms with van der Waals surface area (Å²) >= 11 is 0. The summed E-state index contributed by atoms with van der Waals surface area (Å²) in [5, 5.41) is 1.81. The summed E-state index contributed by atoms with van der Waals surface area (Å²) in [6.45, 7) is 5.95. The van der Waals surface area contributed by atoms with Crippen molar-refractivity contribution in [3.8, 4) is 0 Å². The zero-order chi connectivity index (χ0) is 16.3. The van der Waals surface area contributed by atoms with Crippen LogP contribution in [0.3, 0.4) is 0 Å². The van der Waals surface area contributed by atoms with Crippen LogP contribution >= 0.6 is 0 Å². The fourth-order valence-electron chi connectivity index (χ4n) is 1.98. The topological polar surface area (TPSA) is 131 Å². The number of nitrogens with two attached hydrogens (primary N) is 1. The Morgan fingerprint density at radius 1 is 1.24 bits per heavy atom. The number of aromatic amines is 1. The van der Waals surface area contributed by atoms with Crippen molar-refractivity contribution in [2.75, 3.05) is 0 Å². The third-order valence-electron chi connectivity index (χ3n) is 2.89. The largest absolute Gasteiger partial charge is 0.448 e. The van der Waals surface area contributed by atoms with Gasteiger partial charge in [-0.15, -0.1) is 0 Å². The SMILES string of the molecule is CC(=O)c1c(C)[nH]c(C(=O)O[C@H](C)C(=O)NC(N)=O)c1C. The molecule has 0 aromatic carbocycles. The van der Waals surface area contributed by atoms with Crippen molar-refractivity contribution < 1.29 is 23.9 Å². The maximum atomic E-state index is 12.0. The molecule has 0 spiro atoms. The highest BCUT2D eigenvalue weighted by atomic mass is 16.5. The molecule has 1 rings (SSSR count). The molecule has 1 atom stereocenters. The summed E-state index contributed by atoms with van der Waals surface area (Å²) in [6.07, 6.45) is -1.20. The molecule has 0 radical (unpaired) electrons. The second kappa shape index (κ2) is 6.21. The number of imide groups is 1. The van der Waals surface area contributed by atoms with E-state index in [1.807, 2.05) is 5.32 Å². The lowest BCUT2D eigenvalue weighted by molar-refractivity contribution is -0.127. The smallest absolute Gasteiger partial charge is 0.355 e. The first-order chi connectivity index (χ1) is 9.65. The normalized spacial score (nSPS) is 11.6. The molecule has 114 valence electrons. The number of rotatable bonds is 4. The molecule has 0 aliphatic heterocycles. The molecule has 1 aromatic rings. The number of Topliss-reactive ketones (excluding diaryl/α,β-unsaturated/α-hetero) is 1. The van der Waals surface area contributed by atoms with Crippen molar-refractivity contribution in [3.63, 3.8) is 0 Å². The first-order valence-corrected chi connectivity index (χ1v) is 6.16. The number of hydrogen-bond donors (Lipinski definition) is 3. The van der Waals surface area contributed by atoms with E-state index in [1.165, 1.54) is 13.8 Å². The summed E-state index contributed by atoms with van der Waals surface area (Å²) < 4.78 is 4.93. The average molecular weight is 295 g/mol. The van der Waals surface area contributed by atoms with E-state index in [0.717, 1.165) is 0 Å². The highest BCUT2D eigenvalue weighted by Crippen LogP contribution is 2.19. The van der Waals surface area contributed by atoms with Crippen LogP contribution in [0.15, 0.2) is 0 Å². The summed E-state index contributed by atoms with van der Waals surface area (Å²) in [7, 11) is 0. The highest BCUT2D eigenvalue weighted by molar-refractivity contribution is 6.02. The van der Waals surface area contributed by atoms with E-state index in [1.54, 1.807) is 13.8 Å². The Morgan fingerprint density at radius 2 is 1.81 bits per heavy atom. The van der Waals surface area contributed by atoms with Gasteiger partial charge in [0.25, 0.3) is 5.91 Å². The van der Waals surface area contributed by atoms with E-state index in [9.17, 15) is 19.2 Å². The zero-order valence-electron chi connectivity index (χ0n) is 12.2. The number of hydrogen-bond acceptors (Lipinski definition) is 5. The predicted octanol–water partition coefficient (Wildman–Crippen LogP) is 0.574. The van der Waals surface area contributed by atoms with Crippen molar-refractivity contribution >= 4 is 23.7 Å². The highest BCUT2D eigenvalue weighted by Gasteiger charge is 2.25. The number of ketones is 1. The van der Waals surface area contributed by atoms with Crippen LogP contribution in [-0.4, -0.2) is 34.8 Å². The Morgan fingerprint density at radius 3 is 2.24 bits per heavy atom. The molecular weight excluding hydrogens is 278 g/mol. The second-order valence-corrected chi connectivity index (χ2v) is 4.58. The summed E-state index contributed by atoms with van der Waals surface area (Å²) in [6, 6.07) is -1.03. The van der Waals surface area contributed by atoms with E-state index in [4.69, 9.17) is 10.5 Å². The van der Waals surface area contributed by atoms with Gasteiger partial charge in [0.2, 0.25) is 0 Å².